The van der Waals surface area contributed by atoms with Crippen LogP contribution < -0.4 is 0 Å². The zero-order valence-electron chi connectivity index (χ0n) is 12.7. The van der Waals surface area contributed by atoms with Crippen LogP contribution in [0.3, 0.4) is 0 Å². The molecule has 0 bridgehead atoms. The van der Waals surface area contributed by atoms with Gasteiger partial charge in [-0.2, -0.15) is 0 Å². The van der Waals surface area contributed by atoms with E-state index in [-0.39, 0.29) is 0 Å². The Morgan fingerprint density at radius 1 is 0.864 bits per heavy atom. The van der Waals surface area contributed by atoms with E-state index < -0.39 is 0 Å². The first-order valence-electron chi connectivity index (χ1n) is 7.92. The number of aromatic nitrogens is 1. The molecule has 0 spiro atoms. The molecule has 110 valence electrons. The highest BCUT2D eigenvalue weighted by Crippen LogP contribution is 2.24. The molecule has 0 radical (unpaired) electrons. The third-order valence-electron chi connectivity index (χ3n) is 4.43. The quantitative estimate of drug-likeness (QED) is 0.694. The number of benzene rings is 2. The summed E-state index contributed by atoms with van der Waals surface area (Å²) in [5.41, 5.74) is 4.13. The number of para-hydroxylation sites is 1. The number of hydrogen-bond acceptors (Lipinski definition) is 1. The van der Waals surface area contributed by atoms with Gasteiger partial charge in [0.05, 0.1) is 5.52 Å². The van der Waals surface area contributed by atoms with Crippen LogP contribution in [0.4, 0.5) is 0 Å². The van der Waals surface area contributed by atoms with Crippen LogP contribution in [0, 0.1) is 0 Å². The van der Waals surface area contributed by atoms with Gasteiger partial charge in [0.1, 0.15) is 0 Å². The van der Waals surface area contributed by atoms with Crippen molar-refractivity contribution >= 4 is 16.6 Å². The number of nitrogens with zero attached hydrogens (tertiary/aromatic N) is 2. The second-order valence-corrected chi connectivity index (χ2v) is 5.91. The van der Waals surface area contributed by atoms with E-state index in [1.165, 1.54) is 22.2 Å². The maximum absolute atomic E-state index is 2.50. The van der Waals surface area contributed by atoms with Gasteiger partial charge in [-0.1, -0.05) is 54.6 Å². The lowest BCUT2D eigenvalue weighted by Crippen LogP contribution is -2.28. The molecule has 1 aromatic heterocycles. The standard InChI is InChI=1S/C20H20N2/c1-2-6-17(7-3-1)16-21-13-11-19(12-14-21)22-15-10-18-8-4-5-9-20(18)22/h1-11,15H,12-14,16H2. The summed E-state index contributed by atoms with van der Waals surface area (Å²) in [6, 6.07) is 21.5. The second kappa shape index (κ2) is 5.82. The summed E-state index contributed by atoms with van der Waals surface area (Å²) in [5, 5.41) is 1.31. The van der Waals surface area contributed by atoms with Gasteiger partial charge in [-0.15, -0.1) is 0 Å². The van der Waals surface area contributed by atoms with E-state index in [9.17, 15) is 0 Å². The van der Waals surface area contributed by atoms with Gasteiger partial charge in [0.15, 0.2) is 0 Å². The molecule has 0 N–H and O–H groups in total. The Bertz CT molecular complexity index is 799. The first-order chi connectivity index (χ1) is 10.9. The second-order valence-electron chi connectivity index (χ2n) is 5.91. The molecular formula is C20H20N2. The van der Waals surface area contributed by atoms with E-state index >= 15 is 0 Å². The topological polar surface area (TPSA) is 8.17 Å². The Kier molecular flexibility index (Phi) is 3.53. The lowest BCUT2D eigenvalue weighted by Gasteiger charge is -2.27. The van der Waals surface area contributed by atoms with Crippen molar-refractivity contribution in [2.24, 2.45) is 0 Å². The Morgan fingerprint density at radius 3 is 2.50 bits per heavy atom. The summed E-state index contributed by atoms with van der Waals surface area (Å²) in [4.78, 5) is 2.50. The van der Waals surface area contributed by atoms with Gasteiger partial charge in [0.25, 0.3) is 0 Å². The molecule has 1 aliphatic rings. The van der Waals surface area contributed by atoms with Crippen molar-refractivity contribution in [2.75, 3.05) is 13.1 Å². The highest BCUT2D eigenvalue weighted by Gasteiger charge is 2.14. The van der Waals surface area contributed by atoms with Crippen LogP contribution >= 0.6 is 0 Å². The average Bonchev–Trinajstić information content (AvgIpc) is 3.01. The zero-order valence-corrected chi connectivity index (χ0v) is 12.7. The SMILES string of the molecule is C1=C(n2ccc3ccccc32)CCN(Cc2ccccc2)C1. The molecule has 2 heterocycles. The maximum atomic E-state index is 2.50. The minimum absolute atomic E-state index is 1.02. The minimum Gasteiger partial charge on any atom is -0.321 e. The van der Waals surface area contributed by atoms with Crippen molar-refractivity contribution in [1.29, 1.82) is 0 Å². The molecule has 3 aromatic rings. The van der Waals surface area contributed by atoms with Crippen LogP contribution in [0.5, 0.6) is 0 Å². The Labute approximate surface area is 131 Å². The molecule has 2 heteroatoms. The molecule has 22 heavy (non-hydrogen) atoms. The maximum Gasteiger partial charge on any atom is 0.0525 e. The molecule has 2 nitrogen and oxygen atoms in total. The van der Waals surface area contributed by atoms with Gasteiger partial charge >= 0.3 is 0 Å². The monoisotopic (exact) mass is 288 g/mol. The predicted molar refractivity (Wildman–Crippen MR) is 92.5 cm³/mol. The number of hydrogen-bond donors (Lipinski definition) is 0. The summed E-state index contributed by atoms with van der Waals surface area (Å²) < 4.78 is 2.34. The van der Waals surface area contributed by atoms with Crippen LogP contribution in [0.2, 0.25) is 0 Å². The van der Waals surface area contributed by atoms with Crippen molar-refractivity contribution in [2.45, 2.75) is 13.0 Å². The van der Waals surface area contributed by atoms with Crippen molar-refractivity contribution < 1.29 is 0 Å². The summed E-state index contributed by atoms with van der Waals surface area (Å²) in [5.74, 6) is 0. The molecule has 0 fully saturated rings. The Hall–Kier alpha value is -2.32. The van der Waals surface area contributed by atoms with Crippen molar-refractivity contribution in [3.8, 4) is 0 Å². The van der Waals surface area contributed by atoms with Crippen molar-refractivity contribution in [1.82, 2.24) is 9.47 Å². The fraction of sp³-hybridized carbons (Fsp3) is 0.200. The molecule has 0 atom stereocenters. The molecule has 2 aromatic carbocycles. The average molecular weight is 288 g/mol. The smallest absolute Gasteiger partial charge is 0.0525 e. The van der Waals surface area contributed by atoms with E-state index in [1.807, 2.05) is 0 Å². The summed E-state index contributed by atoms with van der Waals surface area (Å²) in [6.45, 7) is 3.18. The number of rotatable bonds is 3. The first-order valence-corrected chi connectivity index (χ1v) is 7.92. The third-order valence-corrected chi connectivity index (χ3v) is 4.43. The fourth-order valence-electron chi connectivity index (χ4n) is 3.24. The predicted octanol–water partition coefficient (Wildman–Crippen LogP) is 4.39. The van der Waals surface area contributed by atoms with Gasteiger partial charge < -0.3 is 4.57 Å². The van der Waals surface area contributed by atoms with E-state index in [0.717, 1.165) is 26.1 Å². The molecular weight excluding hydrogens is 268 g/mol. The van der Waals surface area contributed by atoms with Crippen LogP contribution in [0.25, 0.3) is 16.6 Å². The van der Waals surface area contributed by atoms with Gasteiger partial charge in [-0.25, -0.2) is 0 Å². The summed E-state index contributed by atoms with van der Waals surface area (Å²) >= 11 is 0. The molecule has 0 aliphatic carbocycles. The summed E-state index contributed by atoms with van der Waals surface area (Å²) in [7, 11) is 0. The van der Waals surface area contributed by atoms with Gasteiger partial charge in [-0.05, 0) is 23.1 Å². The van der Waals surface area contributed by atoms with E-state index in [1.54, 1.807) is 0 Å². The van der Waals surface area contributed by atoms with Crippen molar-refractivity contribution in [3.05, 3.63) is 78.5 Å². The fourth-order valence-corrected chi connectivity index (χ4v) is 3.24. The van der Waals surface area contributed by atoms with Gasteiger partial charge in [0, 0.05) is 37.9 Å². The van der Waals surface area contributed by atoms with E-state index in [0.29, 0.717) is 0 Å². The minimum atomic E-state index is 1.02. The van der Waals surface area contributed by atoms with E-state index in [2.05, 4.69) is 82.4 Å². The normalized spacial score (nSPS) is 15.9. The largest absolute Gasteiger partial charge is 0.321 e. The molecule has 0 saturated carbocycles. The highest BCUT2D eigenvalue weighted by atomic mass is 15.1. The molecule has 0 saturated heterocycles. The zero-order chi connectivity index (χ0) is 14.8. The first kappa shape index (κ1) is 13.4. The molecule has 0 amide bonds. The molecule has 1 aliphatic heterocycles. The Morgan fingerprint density at radius 2 is 1.68 bits per heavy atom. The van der Waals surface area contributed by atoms with Crippen molar-refractivity contribution in [3.63, 3.8) is 0 Å². The Balaban J connectivity index is 1.52. The lowest BCUT2D eigenvalue weighted by atomic mass is 10.1. The molecule has 4 rings (SSSR count). The van der Waals surface area contributed by atoms with Gasteiger partial charge in [-0.3, -0.25) is 4.90 Å². The highest BCUT2D eigenvalue weighted by molar-refractivity contribution is 5.83. The number of fused-ring (bicyclic) bond motifs is 1. The molecule has 0 unspecified atom stereocenters. The van der Waals surface area contributed by atoms with Gasteiger partial charge in [0.2, 0.25) is 0 Å². The van der Waals surface area contributed by atoms with E-state index in [4.69, 9.17) is 0 Å². The lowest BCUT2D eigenvalue weighted by molar-refractivity contribution is 0.292. The third kappa shape index (κ3) is 2.58. The van der Waals surface area contributed by atoms with Crippen LogP contribution in [-0.4, -0.2) is 22.6 Å². The van der Waals surface area contributed by atoms with Crippen LogP contribution in [-0.2, 0) is 6.54 Å². The van der Waals surface area contributed by atoms with Crippen LogP contribution in [0.15, 0.2) is 72.9 Å². The summed E-state index contributed by atoms with van der Waals surface area (Å²) in [6.07, 6.45) is 5.67. The van der Waals surface area contributed by atoms with Crippen LogP contribution in [0.1, 0.15) is 12.0 Å².